The third-order valence-corrected chi connectivity index (χ3v) is 6.52. The van der Waals surface area contributed by atoms with Crippen LogP contribution in [0, 0.1) is 41.5 Å². The minimum Gasteiger partial charge on any atom is -0.0564 e. The molecule has 158 valence electrons. The lowest BCUT2D eigenvalue weighted by Gasteiger charge is -2.40. The summed E-state index contributed by atoms with van der Waals surface area (Å²) in [6.07, 6.45) is 1.05. The smallest absolute Gasteiger partial charge is 0.0183 e. The van der Waals surface area contributed by atoms with E-state index in [1.165, 1.54) is 50.1 Å². The second-order valence-electron chi connectivity index (χ2n) is 10.5. The fraction of sp³-hybridized carbons (Fsp3) is 0.400. The van der Waals surface area contributed by atoms with Gasteiger partial charge in [0.2, 0.25) is 0 Å². The first kappa shape index (κ1) is 22.3. The van der Waals surface area contributed by atoms with Crippen LogP contribution in [0.3, 0.4) is 0 Å². The highest BCUT2D eigenvalue weighted by Crippen LogP contribution is 2.44. The number of hydrogen-bond acceptors (Lipinski definition) is 0. The Kier molecular flexibility index (Phi) is 6.01. The van der Waals surface area contributed by atoms with Crippen LogP contribution in [0.2, 0.25) is 0 Å². The molecule has 0 spiro atoms. The van der Waals surface area contributed by atoms with Gasteiger partial charge in [-0.05, 0) is 70.1 Å². The van der Waals surface area contributed by atoms with E-state index >= 15 is 0 Å². The lowest BCUT2D eigenvalue weighted by atomic mass is 9.64. The summed E-state index contributed by atoms with van der Waals surface area (Å²) in [5.41, 5.74) is 12.3. The van der Waals surface area contributed by atoms with E-state index in [4.69, 9.17) is 0 Å². The third kappa shape index (κ3) is 4.69. The van der Waals surface area contributed by atoms with Crippen molar-refractivity contribution < 1.29 is 0 Å². The van der Waals surface area contributed by atoms with Crippen LogP contribution in [0.15, 0.2) is 54.6 Å². The quantitative estimate of drug-likeness (QED) is 0.406. The number of aryl methyl sites for hydroxylation is 6. The molecule has 3 rings (SSSR count). The Balaban J connectivity index is 2.21. The van der Waals surface area contributed by atoms with E-state index in [0.717, 1.165) is 6.42 Å². The van der Waals surface area contributed by atoms with Crippen LogP contribution >= 0.6 is 0 Å². The highest BCUT2D eigenvalue weighted by Gasteiger charge is 2.37. The van der Waals surface area contributed by atoms with Gasteiger partial charge in [0.15, 0.2) is 0 Å². The van der Waals surface area contributed by atoms with E-state index in [9.17, 15) is 0 Å². The Morgan fingerprint density at radius 3 is 1.00 bits per heavy atom. The molecule has 3 aromatic rings. The second-order valence-corrected chi connectivity index (χ2v) is 10.5. The van der Waals surface area contributed by atoms with Gasteiger partial charge in [0.05, 0.1) is 0 Å². The molecule has 0 N–H and O–H groups in total. The highest BCUT2D eigenvalue weighted by molar-refractivity contribution is 5.46. The van der Waals surface area contributed by atoms with Gasteiger partial charge in [-0.3, -0.25) is 0 Å². The maximum Gasteiger partial charge on any atom is 0.0183 e. The lowest BCUT2D eigenvalue weighted by Crippen LogP contribution is -2.33. The molecule has 0 saturated heterocycles. The maximum absolute atomic E-state index is 2.44. The van der Waals surface area contributed by atoms with Crippen molar-refractivity contribution in [1.29, 1.82) is 0 Å². The molecule has 0 heteroatoms. The molecule has 0 nitrogen and oxygen atoms in total. The maximum atomic E-state index is 2.44. The van der Waals surface area contributed by atoms with Gasteiger partial charge in [-0.1, -0.05) is 109 Å². The lowest BCUT2D eigenvalue weighted by molar-refractivity contribution is 0.369. The van der Waals surface area contributed by atoms with Crippen LogP contribution in [0.5, 0.6) is 0 Å². The Labute approximate surface area is 184 Å². The predicted molar refractivity (Wildman–Crippen MR) is 132 cm³/mol. The van der Waals surface area contributed by atoms with Crippen LogP contribution < -0.4 is 0 Å². The molecule has 0 aliphatic carbocycles. The Hall–Kier alpha value is -2.34. The van der Waals surface area contributed by atoms with E-state index in [2.05, 4.69) is 117 Å². The zero-order valence-corrected chi connectivity index (χ0v) is 20.4. The van der Waals surface area contributed by atoms with Crippen LogP contribution in [-0.4, -0.2) is 0 Å². The average Bonchev–Trinajstić information content (AvgIpc) is 2.58. The number of hydrogen-bond donors (Lipinski definition) is 0. The molecule has 0 amide bonds. The van der Waals surface area contributed by atoms with Crippen LogP contribution in [-0.2, 0) is 10.8 Å². The molecule has 0 aliphatic rings. The summed E-state index contributed by atoms with van der Waals surface area (Å²) >= 11 is 0. The van der Waals surface area contributed by atoms with Crippen LogP contribution in [0.25, 0.3) is 0 Å². The monoisotopic (exact) mass is 398 g/mol. The van der Waals surface area contributed by atoms with Crippen molar-refractivity contribution in [2.24, 2.45) is 0 Å². The number of rotatable bonds is 5. The Morgan fingerprint density at radius 2 is 0.700 bits per heavy atom. The van der Waals surface area contributed by atoms with Gasteiger partial charge in [0, 0.05) is 5.41 Å². The van der Waals surface area contributed by atoms with E-state index < -0.39 is 0 Å². The minimum absolute atomic E-state index is 0.0425. The standard InChI is InChI=1S/C30H38/c1-20-10-21(2)14-26(13-20)29(7,8)19-30(9,27-15-22(3)11-23(4)16-27)28-17-24(5)12-25(6)18-28/h10-18H,19H2,1-9H3. The molecule has 0 atom stereocenters. The zero-order valence-electron chi connectivity index (χ0n) is 20.4. The first-order valence-electron chi connectivity index (χ1n) is 11.2. The molecule has 0 saturated carbocycles. The summed E-state index contributed by atoms with van der Waals surface area (Å²) in [7, 11) is 0. The van der Waals surface area contributed by atoms with Gasteiger partial charge in [-0.2, -0.15) is 0 Å². The first-order chi connectivity index (χ1) is 13.9. The van der Waals surface area contributed by atoms with Crippen LogP contribution in [0.4, 0.5) is 0 Å². The number of benzene rings is 3. The van der Waals surface area contributed by atoms with Crippen molar-refractivity contribution in [1.82, 2.24) is 0 Å². The van der Waals surface area contributed by atoms with Crippen molar-refractivity contribution in [2.45, 2.75) is 79.6 Å². The van der Waals surface area contributed by atoms with Crippen LogP contribution in [0.1, 0.15) is 77.3 Å². The molecular formula is C30H38. The molecule has 0 heterocycles. The van der Waals surface area contributed by atoms with Gasteiger partial charge in [0.1, 0.15) is 0 Å². The fourth-order valence-corrected chi connectivity index (χ4v) is 5.31. The average molecular weight is 399 g/mol. The second kappa shape index (κ2) is 8.06. The highest BCUT2D eigenvalue weighted by atomic mass is 14.4. The first-order valence-corrected chi connectivity index (χ1v) is 11.2. The third-order valence-electron chi connectivity index (χ3n) is 6.52. The van der Waals surface area contributed by atoms with Crippen molar-refractivity contribution in [2.75, 3.05) is 0 Å². The van der Waals surface area contributed by atoms with E-state index in [1.54, 1.807) is 0 Å². The van der Waals surface area contributed by atoms with E-state index in [0.29, 0.717) is 0 Å². The summed E-state index contributed by atoms with van der Waals surface area (Å²) in [6, 6.07) is 21.1. The molecule has 0 aliphatic heterocycles. The molecule has 3 aromatic carbocycles. The normalized spacial score (nSPS) is 12.3. The van der Waals surface area contributed by atoms with Crippen molar-refractivity contribution in [3.8, 4) is 0 Å². The largest absolute Gasteiger partial charge is 0.0564 e. The van der Waals surface area contributed by atoms with Crippen molar-refractivity contribution >= 4 is 0 Å². The van der Waals surface area contributed by atoms with Gasteiger partial charge < -0.3 is 0 Å². The molecule has 0 aromatic heterocycles. The Morgan fingerprint density at radius 1 is 0.433 bits per heavy atom. The topological polar surface area (TPSA) is 0 Å². The van der Waals surface area contributed by atoms with E-state index in [1.807, 2.05) is 0 Å². The SMILES string of the molecule is Cc1cc(C)cc(C(C)(C)CC(C)(c2cc(C)cc(C)c2)c2cc(C)cc(C)c2)c1. The molecule has 0 fully saturated rings. The summed E-state index contributed by atoms with van der Waals surface area (Å²) < 4.78 is 0. The Bertz CT molecular complexity index is 953. The minimum atomic E-state index is -0.0747. The van der Waals surface area contributed by atoms with Crippen molar-refractivity contribution in [3.05, 3.63) is 105 Å². The molecular weight excluding hydrogens is 360 g/mol. The van der Waals surface area contributed by atoms with Crippen molar-refractivity contribution in [3.63, 3.8) is 0 Å². The molecule has 0 bridgehead atoms. The zero-order chi connectivity index (χ0) is 22.3. The van der Waals surface area contributed by atoms with Gasteiger partial charge in [-0.25, -0.2) is 0 Å². The van der Waals surface area contributed by atoms with Gasteiger partial charge in [0.25, 0.3) is 0 Å². The summed E-state index contributed by atoms with van der Waals surface area (Å²) in [4.78, 5) is 0. The fourth-order valence-electron chi connectivity index (χ4n) is 5.31. The predicted octanol–water partition coefficient (Wildman–Crippen LogP) is 8.21. The molecule has 0 unspecified atom stereocenters. The molecule has 30 heavy (non-hydrogen) atoms. The molecule has 0 radical (unpaired) electrons. The summed E-state index contributed by atoms with van der Waals surface area (Å²) in [5, 5.41) is 0. The van der Waals surface area contributed by atoms with Gasteiger partial charge in [-0.15, -0.1) is 0 Å². The summed E-state index contributed by atoms with van der Waals surface area (Å²) in [6.45, 7) is 20.5. The summed E-state index contributed by atoms with van der Waals surface area (Å²) in [5.74, 6) is 0. The van der Waals surface area contributed by atoms with E-state index in [-0.39, 0.29) is 10.8 Å². The van der Waals surface area contributed by atoms with Gasteiger partial charge >= 0.3 is 0 Å².